The fourth-order valence-corrected chi connectivity index (χ4v) is 2.82. The number of primary amides is 1. The molecule has 0 aliphatic heterocycles. The van der Waals surface area contributed by atoms with Crippen LogP contribution in [0.2, 0.25) is 0 Å². The third-order valence-corrected chi connectivity index (χ3v) is 3.55. The molecule has 1 rings (SSSR count). The van der Waals surface area contributed by atoms with E-state index in [1.165, 1.54) is 13.2 Å². The van der Waals surface area contributed by atoms with Crippen LogP contribution < -0.4 is 16.8 Å². The zero-order chi connectivity index (χ0) is 16.2. The van der Waals surface area contributed by atoms with Crippen LogP contribution in [0, 0.1) is 0 Å². The Morgan fingerprint density at radius 2 is 1.95 bits per heavy atom. The van der Waals surface area contributed by atoms with Gasteiger partial charge in [0.05, 0.1) is 30.8 Å². The van der Waals surface area contributed by atoms with Gasteiger partial charge in [0.1, 0.15) is 0 Å². The van der Waals surface area contributed by atoms with Crippen LogP contribution in [0.25, 0.3) is 0 Å². The Morgan fingerprint density at radius 1 is 1.33 bits per heavy atom. The fourth-order valence-electron chi connectivity index (χ4n) is 1.50. The summed E-state index contributed by atoms with van der Waals surface area (Å²) in [6, 6.07) is 2.02. The molecular weight excluding hydrogens is 410 g/mol. The molecule has 1 atom stereocenters. The molecule has 1 aromatic rings. The molecule has 0 radical (unpaired) electrons. The molecule has 5 N–H and O–H groups in total. The van der Waals surface area contributed by atoms with Gasteiger partial charge in [-0.15, -0.1) is 0 Å². The van der Waals surface area contributed by atoms with Crippen molar-refractivity contribution in [3.63, 3.8) is 0 Å². The Kier molecular flexibility index (Phi) is 6.31. The minimum absolute atomic E-state index is 0.137. The van der Waals surface area contributed by atoms with Gasteiger partial charge in [0, 0.05) is 8.95 Å². The molecule has 0 aliphatic carbocycles. The number of carbonyl (C=O) groups excluding carboxylic acids is 3. The number of nitrogens with one attached hydrogen (secondary N) is 1. The van der Waals surface area contributed by atoms with Gasteiger partial charge in [-0.25, -0.2) is 4.79 Å². The van der Waals surface area contributed by atoms with Crippen molar-refractivity contribution in [3.8, 4) is 0 Å². The van der Waals surface area contributed by atoms with Crippen molar-refractivity contribution in [3.05, 3.63) is 26.6 Å². The highest BCUT2D eigenvalue weighted by atomic mass is 79.9. The number of ether oxygens (including phenoxy) is 1. The average molecular weight is 423 g/mol. The Hall–Kier alpha value is -1.45. The number of esters is 1. The molecule has 0 aliphatic rings. The lowest BCUT2D eigenvalue weighted by Crippen LogP contribution is -2.39. The molecule has 0 spiro atoms. The van der Waals surface area contributed by atoms with Crippen molar-refractivity contribution in [1.29, 1.82) is 0 Å². The summed E-state index contributed by atoms with van der Waals surface area (Å²) in [7, 11) is 1.22. The van der Waals surface area contributed by atoms with Crippen molar-refractivity contribution in [2.75, 3.05) is 12.4 Å². The van der Waals surface area contributed by atoms with Crippen molar-refractivity contribution >= 4 is 55.3 Å². The number of anilines is 1. The van der Waals surface area contributed by atoms with Gasteiger partial charge in [-0.1, -0.05) is 15.9 Å². The zero-order valence-electron chi connectivity index (χ0n) is 11.0. The summed E-state index contributed by atoms with van der Waals surface area (Å²) in [5, 5.41) is 2.49. The Labute approximate surface area is 137 Å². The largest absolute Gasteiger partial charge is 0.465 e. The molecule has 9 heteroatoms. The molecule has 0 saturated carbocycles. The molecule has 114 valence electrons. The summed E-state index contributed by atoms with van der Waals surface area (Å²) in [6.45, 7) is 0. The van der Waals surface area contributed by atoms with E-state index in [2.05, 4.69) is 41.9 Å². The molecule has 2 amide bonds. The van der Waals surface area contributed by atoms with Crippen LogP contribution in [-0.4, -0.2) is 30.9 Å². The molecule has 1 unspecified atom stereocenters. The lowest BCUT2D eigenvalue weighted by atomic mass is 10.1. The first kappa shape index (κ1) is 17.6. The number of methoxy groups -OCH3 is 1. The van der Waals surface area contributed by atoms with E-state index >= 15 is 0 Å². The van der Waals surface area contributed by atoms with Crippen LogP contribution in [0.3, 0.4) is 0 Å². The van der Waals surface area contributed by atoms with Gasteiger partial charge in [0.25, 0.3) is 0 Å². The number of halogens is 2. The van der Waals surface area contributed by atoms with Gasteiger partial charge < -0.3 is 21.5 Å². The second-order valence-electron chi connectivity index (χ2n) is 4.07. The van der Waals surface area contributed by atoms with Crippen LogP contribution in [0.15, 0.2) is 21.1 Å². The standard InChI is InChI=1S/C12H13Br2N3O4/c1-21-12(20)6-2-5(13)3-7(14)10(6)17-11(19)8(15)4-9(16)18/h2-3,8H,4,15H2,1H3,(H2,16,18)(H,17,19). The van der Waals surface area contributed by atoms with Crippen LogP contribution in [0.4, 0.5) is 5.69 Å². The molecule has 21 heavy (non-hydrogen) atoms. The van der Waals surface area contributed by atoms with Crippen LogP contribution in [0.5, 0.6) is 0 Å². The van der Waals surface area contributed by atoms with Gasteiger partial charge in [-0.2, -0.15) is 0 Å². The molecule has 0 bridgehead atoms. The van der Waals surface area contributed by atoms with Crippen LogP contribution in [-0.2, 0) is 14.3 Å². The minimum Gasteiger partial charge on any atom is -0.465 e. The zero-order valence-corrected chi connectivity index (χ0v) is 14.2. The van der Waals surface area contributed by atoms with Gasteiger partial charge in [0.15, 0.2) is 0 Å². The Balaban J connectivity index is 3.10. The number of nitrogens with two attached hydrogens (primary N) is 2. The summed E-state index contributed by atoms with van der Waals surface area (Å²) in [6.07, 6.45) is -0.298. The number of carbonyl (C=O) groups is 3. The highest BCUT2D eigenvalue weighted by Crippen LogP contribution is 2.31. The van der Waals surface area contributed by atoms with Crippen LogP contribution >= 0.6 is 31.9 Å². The van der Waals surface area contributed by atoms with Crippen LogP contribution in [0.1, 0.15) is 16.8 Å². The predicted molar refractivity (Wildman–Crippen MR) is 83.6 cm³/mol. The van der Waals surface area contributed by atoms with E-state index in [-0.39, 0.29) is 17.7 Å². The van der Waals surface area contributed by atoms with Crippen molar-refractivity contribution in [1.82, 2.24) is 0 Å². The third kappa shape index (κ3) is 4.80. The van der Waals surface area contributed by atoms with E-state index in [4.69, 9.17) is 11.5 Å². The molecule has 1 aromatic carbocycles. The van der Waals surface area contributed by atoms with E-state index < -0.39 is 23.8 Å². The first-order valence-corrected chi connectivity index (χ1v) is 7.27. The third-order valence-electron chi connectivity index (χ3n) is 2.47. The van der Waals surface area contributed by atoms with Gasteiger partial charge >= 0.3 is 5.97 Å². The number of hydrogen-bond donors (Lipinski definition) is 3. The van der Waals surface area contributed by atoms with Crippen molar-refractivity contribution in [2.24, 2.45) is 11.5 Å². The Morgan fingerprint density at radius 3 is 2.48 bits per heavy atom. The lowest BCUT2D eigenvalue weighted by molar-refractivity contribution is -0.123. The van der Waals surface area contributed by atoms with Gasteiger partial charge in [-0.05, 0) is 28.1 Å². The van der Waals surface area contributed by atoms with E-state index in [9.17, 15) is 14.4 Å². The van der Waals surface area contributed by atoms with Crippen molar-refractivity contribution < 1.29 is 19.1 Å². The van der Waals surface area contributed by atoms with Gasteiger partial charge in [0.2, 0.25) is 11.8 Å². The molecular formula is C12H13Br2N3O4. The second-order valence-corrected chi connectivity index (χ2v) is 5.84. The molecule has 0 aromatic heterocycles. The first-order valence-electron chi connectivity index (χ1n) is 5.68. The lowest BCUT2D eigenvalue weighted by Gasteiger charge is -2.15. The Bertz CT molecular complexity index is 592. The summed E-state index contributed by atoms with van der Waals surface area (Å²) >= 11 is 6.48. The highest BCUT2D eigenvalue weighted by Gasteiger charge is 2.22. The number of hydrogen-bond acceptors (Lipinski definition) is 5. The highest BCUT2D eigenvalue weighted by molar-refractivity contribution is 9.11. The summed E-state index contributed by atoms with van der Waals surface area (Å²) in [5.74, 6) is -1.96. The SMILES string of the molecule is COC(=O)c1cc(Br)cc(Br)c1NC(=O)C(N)CC(N)=O. The normalized spacial score (nSPS) is 11.6. The number of amides is 2. The molecule has 7 nitrogen and oxygen atoms in total. The maximum atomic E-state index is 11.9. The quantitative estimate of drug-likeness (QED) is 0.613. The number of benzene rings is 1. The first-order chi connectivity index (χ1) is 9.76. The fraction of sp³-hybridized carbons (Fsp3) is 0.250. The number of rotatable bonds is 5. The van der Waals surface area contributed by atoms with E-state index in [0.29, 0.717) is 8.95 Å². The second kappa shape index (κ2) is 7.53. The van der Waals surface area contributed by atoms with E-state index in [1.54, 1.807) is 6.07 Å². The van der Waals surface area contributed by atoms with E-state index in [0.717, 1.165) is 0 Å². The topological polar surface area (TPSA) is 125 Å². The molecule has 0 fully saturated rings. The van der Waals surface area contributed by atoms with E-state index in [1.807, 2.05) is 0 Å². The maximum Gasteiger partial charge on any atom is 0.340 e. The summed E-state index contributed by atoms with van der Waals surface area (Å²) in [5.41, 5.74) is 10.9. The monoisotopic (exact) mass is 421 g/mol. The maximum absolute atomic E-state index is 11.9. The minimum atomic E-state index is -1.11. The molecule has 0 saturated heterocycles. The van der Waals surface area contributed by atoms with Gasteiger partial charge in [-0.3, -0.25) is 9.59 Å². The van der Waals surface area contributed by atoms with Crippen molar-refractivity contribution in [2.45, 2.75) is 12.5 Å². The summed E-state index contributed by atoms with van der Waals surface area (Å²) < 4.78 is 5.73. The molecule has 0 heterocycles. The summed E-state index contributed by atoms with van der Waals surface area (Å²) in [4.78, 5) is 34.4. The predicted octanol–water partition coefficient (Wildman–Crippen LogP) is 1.14. The average Bonchev–Trinajstić information content (AvgIpc) is 2.39. The smallest absolute Gasteiger partial charge is 0.340 e.